The molecule has 2 rings (SSSR count). The lowest BCUT2D eigenvalue weighted by molar-refractivity contribution is 0.172. The van der Waals surface area contributed by atoms with Gasteiger partial charge in [-0.25, -0.2) is 4.79 Å². The molecule has 118 valence electrons. The van der Waals surface area contributed by atoms with Gasteiger partial charge in [-0.15, -0.1) is 0 Å². The SMILES string of the molecule is CC(C)C(NC(=O)N1CCC(C#N)CC1)c1ccc(Cl)cc1. The number of carbonyl (C=O) groups excluding carboxylic acids is 1. The second-order valence-electron chi connectivity index (χ2n) is 6.11. The average molecular weight is 320 g/mol. The van der Waals surface area contributed by atoms with Crippen LogP contribution in [0.1, 0.15) is 38.3 Å². The third-order valence-corrected chi connectivity index (χ3v) is 4.39. The molecule has 5 heteroatoms. The summed E-state index contributed by atoms with van der Waals surface area (Å²) in [6, 6.07) is 9.78. The van der Waals surface area contributed by atoms with Gasteiger partial charge in [0.05, 0.1) is 12.1 Å². The van der Waals surface area contributed by atoms with Crippen molar-refractivity contribution < 1.29 is 4.79 Å². The summed E-state index contributed by atoms with van der Waals surface area (Å²) in [5.74, 6) is 0.364. The van der Waals surface area contributed by atoms with E-state index in [1.165, 1.54) is 0 Å². The maximum Gasteiger partial charge on any atom is 0.317 e. The average Bonchev–Trinajstić information content (AvgIpc) is 2.53. The minimum atomic E-state index is -0.0509. The number of urea groups is 1. The molecule has 4 nitrogen and oxygen atoms in total. The molecule has 1 fully saturated rings. The molecule has 1 atom stereocenters. The fourth-order valence-corrected chi connectivity index (χ4v) is 2.87. The molecule has 1 aromatic carbocycles. The smallest absolute Gasteiger partial charge is 0.317 e. The van der Waals surface area contributed by atoms with Gasteiger partial charge < -0.3 is 10.2 Å². The molecular weight excluding hydrogens is 298 g/mol. The molecule has 1 saturated heterocycles. The van der Waals surface area contributed by atoms with Crippen molar-refractivity contribution in [1.29, 1.82) is 5.26 Å². The first-order chi connectivity index (χ1) is 10.5. The van der Waals surface area contributed by atoms with Gasteiger partial charge in [0.1, 0.15) is 0 Å². The zero-order chi connectivity index (χ0) is 16.1. The maximum atomic E-state index is 12.5. The molecule has 1 aromatic rings. The van der Waals surface area contributed by atoms with E-state index in [4.69, 9.17) is 16.9 Å². The molecule has 1 N–H and O–H groups in total. The van der Waals surface area contributed by atoms with Gasteiger partial charge in [0, 0.05) is 24.0 Å². The molecule has 0 spiro atoms. The van der Waals surface area contributed by atoms with Crippen molar-refractivity contribution in [2.75, 3.05) is 13.1 Å². The van der Waals surface area contributed by atoms with Crippen LogP contribution in [0.2, 0.25) is 5.02 Å². The van der Waals surface area contributed by atoms with Gasteiger partial charge in [-0.3, -0.25) is 0 Å². The number of hydrogen-bond donors (Lipinski definition) is 1. The number of halogens is 1. The molecule has 1 unspecified atom stereocenters. The Morgan fingerprint density at radius 2 is 1.91 bits per heavy atom. The number of nitriles is 1. The van der Waals surface area contributed by atoms with Crippen LogP contribution in [0.5, 0.6) is 0 Å². The number of hydrogen-bond acceptors (Lipinski definition) is 2. The molecule has 0 bridgehead atoms. The Labute approximate surface area is 137 Å². The predicted molar refractivity (Wildman–Crippen MR) is 87.5 cm³/mol. The number of rotatable bonds is 3. The minimum Gasteiger partial charge on any atom is -0.331 e. The summed E-state index contributed by atoms with van der Waals surface area (Å²) in [6.07, 6.45) is 1.52. The van der Waals surface area contributed by atoms with Gasteiger partial charge in [0.25, 0.3) is 0 Å². The van der Waals surface area contributed by atoms with Crippen molar-refractivity contribution in [2.45, 2.75) is 32.7 Å². The normalized spacial score (nSPS) is 17.1. The van der Waals surface area contributed by atoms with Crippen LogP contribution in [0.25, 0.3) is 0 Å². The summed E-state index contributed by atoms with van der Waals surface area (Å²) in [5, 5.41) is 12.7. The molecule has 0 aromatic heterocycles. The first kappa shape index (κ1) is 16.6. The molecular formula is C17H22ClN3O. The quantitative estimate of drug-likeness (QED) is 0.916. The van der Waals surface area contributed by atoms with Crippen LogP contribution in [0.15, 0.2) is 24.3 Å². The summed E-state index contributed by atoms with van der Waals surface area (Å²) in [7, 11) is 0. The highest BCUT2D eigenvalue weighted by atomic mass is 35.5. The third kappa shape index (κ3) is 4.14. The van der Waals surface area contributed by atoms with Crippen molar-refractivity contribution in [1.82, 2.24) is 10.2 Å². The molecule has 2 amide bonds. The van der Waals surface area contributed by atoms with Gasteiger partial charge >= 0.3 is 6.03 Å². The topological polar surface area (TPSA) is 56.1 Å². The van der Waals surface area contributed by atoms with E-state index in [0.29, 0.717) is 18.1 Å². The highest BCUT2D eigenvalue weighted by Gasteiger charge is 2.25. The monoisotopic (exact) mass is 319 g/mol. The number of amides is 2. The van der Waals surface area contributed by atoms with Gasteiger partial charge in [-0.05, 0) is 36.5 Å². The zero-order valence-corrected chi connectivity index (χ0v) is 13.8. The van der Waals surface area contributed by atoms with E-state index in [-0.39, 0.29) is 23.9 Å². The van der Waals surface area contributed by atoms with Crippen molar-refractivity contribution in [3.8, 4) is 6.07 Å². The maximum absolute atomic E-state index is 12.5. The number of piperidine rings is 1. The Morgan fingerprint density at radius 3 is 2.41 bits per heavy atom. The second-order valence-corrected chi connectivity index (χ2v) is 6.55. The van der Waals surface area contributed by atoms with Gasteiger partial charge in [-0.1, -0.05) is 37.6 Å². The zero-order valence-electron chi connectivity index (χ0n) is 13.1. The van der Waals surface area contributed by atoms with Crippen LogP contribution in [-0.2, 0) is 0 Å². The molecule has 1 aliphatic rings. The summed E-state index contributed by atoms with van der Waals surface area (Å²) in [5.41, 5.74) is 1.06. The lowest BCUT2D eigenvalue weighted by Gasteiger charge is -2.32. The summed E-state index contributed by atoms with van der Waals surface area (Å²) < 4.78 is 0. The first-order valence-electron chi connectivity index (χ1n) is 7.71. The Balaban J connectivity index is 2.01. The highest BCUT2D eigenvalue weighted by molar-refractivity contribution is 6.30. The van der Waals surface area contributed by atoms with Crippen molar-refractivity contribution >= 4 is 17.6 Å². The third-order valence-electron chi connectivity index (χ3n) is 4.14. The molecule has 0 radical (unpaired) electrons. The number of likely N-dealkylation sites (tertiary alicyclic amines) is 1. The van der Waals surface area contributed by atoms with E-state index in [9.17, 15) is 4.79 Å². The highest BCUT2D eigenvalue weighted by Crippen LogP contribution is 2.24. The Bertz CT molecular complexity index is 542. The Hall–Kier alpha value is -1.73. The van der Waals surface area contributed by atoms with Crippen LogP contribution >= 0.6 is 11.6 Å². The molecule has 0 aliphatic carbocycles. The Kier molecular flexibility index (Phi) is 5.68. The summed E-state index contributed by atoms with van der Waals surface area (Å²) in [4.78, 5) is 14.3. The van der Waals surface area contributed by atoms with Gasteiger partial charge in [0.15, 0.2) is 0 Å². The van der Waals surface area contributed by atoms with Crippen LogP contribution in [0.4, 0.5) is 4.79 Å². The van der Waals surface area contributed by atoms with E-state index in [1.54, 1.807) is 4.90 Å². The van der Waals surface area contributed by atoms with Crippen LogP contribution in [0, 0.1) is 23.2 Å². The standard InChI is InChI=1S/C17H22ClN3O/c1-12(2)16(14-3-5-15(18)6-4-14)20-17(22)21-9-7-13(11-19)8-10-21/h3-6,12-13,16H,7-10H2,1-2H3,(H,20,22). The fourth-order valence-electron chi connectivity index (χ4n) is 2.74. The van der Waals surface area contributed by atoms with Crippen molar-refractivity contribution in [3.05, 3.63) is 34.9 Å². The van der Waals surface area contributed by atoms with E-state index < -0.39 is 0 Å². The molecule has 22 heavy (non-hydrogen) atoms. The first-order valence-corrected chi connectivity index (χ1v) is 8.09. The summed E-state index contributed by atoms with van der Waals surface area (Å²) in [6.45, 7) is 5.47. The van der Waals surface area contributed by atoms with E-state index in [2.05, 4.69) is 25.2 Å². The van der Waals surface area contributed by atoms with E-state index in [0.717, 1.165) is 18.4 Å². The largest absolute Gasteiger partial charge is 0.331 e. The molecule has 1 aliphatic heterocycles. The predicted octanol–water partition coefficient (Wildman–Crippen LogP) is 3.98. The molecule has 0 saturated carbocycles. The van der Waals surface area contributed by atoms with Gasteiger partial charge in [0.2, 0.25) is 0 Å². The Morgan fingerprint density at radius 1 is 1.32 bits per heavy atom. The number of nitrogens with one attached hydrogen (secondary N) is 1. The lowest BCUT2D eigenvalue weighted by Crippen LogP contribution is -2.46. The minimum absolute atomic E-state index is 0.0431. The van der Waals surface area contributed by atoms with E-state index >= 15 is 0 Å². The number of benzene rings is 1. The second kappa shape index (κ2) is 7.51. The van der Waals surface area contributed by atoms with Crippen LogP contribution < -0.4 is 5.32 Å². The van der Waals surface area contributed by atoms with Crippen LogP contribution in [-0.4, -0.2) is 24.0 Å². The van der Waals surface area contributed by atoms with Crippen molar-refractivity contribution in [3.63, 3.8) is 0 Å². The molecule has 1 heterocycles. The van der Waals surface area contributed by atoms with Gasteiger partial charge in [-0.2, -0.15) is 5.26 Å². The van der Waals surface area contributed by atoms with Crippen LogP contribution in [0.3, 0.4) is 0 Å². The lowest BCUT2D eigenvalue weighted by atomic mass is 9.96. The number of nitrogens with zero attached hydrogens (tertiary/aromatic N) is 2. The van der Waals surface area contributed by atoms with E-state index in [1.807, 2.05) is 24.3 Å². The number of carbonyl (C=O) groups is 1. The summed E-state index contributed by atoms with van der Waals surface area (Å²) >= 11 is 5.93. The van der Waals surface area contributed by atoms with Crippen molar-refractivity contribution in [2.24, 2.45) is 11.8 Å². The fraction of sp³-hybridized carbons (Fsp3) is 0.529.